The van der Waals surface area contributed by atoms with Crippen molar-refractivity contribution in [1.82, 2.24) is 16.0 Å². The molecule has 0 atom stereocenters. The zero-order chi connectivity index (χ0) is 24.1. The van der Waals surface area contributed by atoms with Gasteiger partial charge in [0, 0.05) is 17.0 Å². The third-order valence-electron chi connectivity index (χ3n) is 4.05. The van der Waals surface area contributed by atoms with Crippen LogP contribution in [0.15, 0.2) is 35.7 Å². The van der Waals surface area contributed by atoms with Gasteiger partial charge >= 0.3 is 12.0 Å². The Labute approximate surface area is 195 Å². The predicted octanol–water partition coefficient (Wildman–Crippen LogP) is 1.89. The van der Waals surface area contributed by atoms with Crippen LogP contribution in [0.1, 0.15) is 29.1 Å². The van der Waals surface area contributed by atoms with Crippen molar-refractivity contribution in [2.24, 2.45) is 0 Å². The normalized spacial score (nSPS) is 10.1. The molecule has 11 heteroatoms. The number of hydrogen-bond donors (Lipinski definition) is 3. The molecule has 3 N–H and O–H groups in total. The molecule has 1 aromatic heterocycles. The number of hydrogen-bond acceptors (Lipinski definition) is 8. The highest BCUT2D eigenvalue weighted by Gasteiger charge is 2.14. The van der Waals surface area contributed by atoms with Crippen molar-refractivity contribution in [1.29, 1.82) is 0 Å². The number of nitrogens with one attached hydrogen (secondary N) is 3. The van der Waals surface area contributed by atoms with Crippen molar-refractivity contribution in [3.05, 3.63) is 46.2 Å². The van der Waals surface area contributed by atoms with E-state index in [0.29, 0.717) is 37.7 Å². The number of esters is 1. The van der Waals surface area contributed by atoms with Crippen LogP contribution in [0.2, 0.25) is 0 Å². The molecule has 0 saturated heterocycles. The average molecular weight is 478 g/mol. The second kappa shape index (κ2) is 13.7. The van der Waals surface area contributed by atoms with Gasteiger partial charge in [-0.3, -0.25) is 19.7 Å². The predicted molar refractivity (Wildman–Crippen MR) is 122 cm³/mol. The average Bonchev–Trinajstić information content (AvgIpc) is 3.31. The highest BCUT2D eigenvalue weighted by Crippen LogP contribution is 2.28. The highest BCUT2D eigenvalue weighted by atomic mass is 32.1. The summed E-state index contributed by atoms with van der Waals surface area (Å²) in [6.45, 7) is 3.75. The van der Waals surface area contributed by atoms with E-state index in [1.54, 1.807) is 23.5 Å². The van der Waals surface area contributed by atoms with Crippen LogP contribution in [0.3, 0.4) is 0 Å². The summed E-state index contributed by atoms with van der Waals surface area (Å²) < 4.78 is 15.7. The molecule has 2 aromatic rings. The lowest BCUT2D eigenvalue weighted by molar-refractivity contribution is -0.147. The Bertz CT molecular complexity index is 947. The quantitative estimate of drug-likeness (QED) is 0.398. The summed E-state index contributed by atoms with van der Waals surface area (Å²) in [5.41, 5.74) is 0.270. The first-order chi connectivity index (χ1) is 15.9. The van der Waals surface area contributed by atoms with Gasteiger partial charge in [-0.2, -0.15) is 0 Å². The molecule has 0 aliphatic rings. The van der Waals surface area contributed by atoms with E-state index in [4.69, 9.17) is 14.2 Å². The molecule has 1 heterocycles. The summed E-state index contributed by atoms with van der Waals surface area (Å²) in [5, 5.41) is 8.95. The first kappa shape index (κ1) is 25.7. The zero-order valence-electron chi connectivity index (χ0n) is 18.5. The Kier molecular flexibility index (Phi) is 10.7. The summed E-state index contributed by atoms with van der Waals surface area (Å²) in [5.74, 6) is -1.20. The summed E-state index contributed by atoms with van der Waals surface area (Å²) >= 11 is 1.57. The minimum Gasteiger partial charge on any atom is -0.490 e. The largest absolute Gasteiger partial charge is 0.490 e. The van der Waals surface area contributed by atoms with Gasteiger partial charge in [0.15, 0.2) is 18.1 Å². The standard InChI is InChI=1S/C22H27N3O7S/c1-3-30-17-8-7-15(12-18(17)31-4-2)21(28)24-13-20(27)32-14-19(26)25-22(29)23-10-9-16-6-5-11-33-16/h5-8,11-12H,3-4,9-10,13-14H2,1-2H3,(H,24,28)(H2,23,25,26,29). The van der Waals surface area contributed by atoms with Gasteiger partial charge in [-0.25, -0.2) is 4.79 Å². The van der Waals surface area contributed by atoms with E-state index in [1.165, 1.54) is 6.07 Å². The number of carbonyl (C=O) groups is 4. The number of urea groups is 1. The third-order valence-corrected chi connectivity index (χ3v) is 4.99. The summed E-state index contributed by atoms with van der Waals surface area (Å²) in [7, 11) is 0. The Morgan fingerprint density at radius 2 is 1.73 bits per heavy atom. The highest BCUT2D eigenvalue weighted by molar-refractivity contribution is 7.09. The molecular weight excluding hydrogens is 450 g/mol. The smallest absolute Gasteiger partial charge is 0.325 e. The van der Waals surface area contributed by atoms with Gasteiger partial charge in [0.05, 0.1) is 13.2 Å². The third kappa shape index (κ3) is 9.19. The van der Waals surface area contributed by atoms with Crippen molar-refractivity contribution in [2.75, 3.05) is 32.9 Å². The van der Waals surface area contributed by atoms with E-state index in [9.17, 15) is 19.2 Å². The number of benzene rings is 1. The van der Waals surface area contributed by atoms with E-state index in [1.807, 2.05) is 31.4 Å². The molecule has 0 unspecified atom stereocenters. The minimum absolute atomic E-state index is 0.270. The molecule has 0 aliphatic carbocycles. The second-order valence-corrected chi connectivity index (χ2v) is 7.54. The van der Waals surface area contributed by atoms with Gasteiger partial charge in [0.2, 0.25) is 0 Å². The molecule has 0 saturated carbocycles. The number of amides is 4. The molecular formula is C22H27N3O7S. The summed E-state index contributed by atoms with van der Waals surface area (Å²) in [4.78, 5) is 48.6. The second-order valence-electron chi connectivity index (χ2n) is 6.50. The van der Waals surface area contributed by atoms with E-state index < -0.39 is 37.0 Å². The fourth-order valence-electron chi connectivity index (χ4n) is 2.60. The lowest BCUT2D eigenvalue weighted by atomic mass is 10.2. The Balaban J connectivity index is 1.69. The van der Waals surface area contributed by atoms with Crippen molar-refractivity contribution in [3.8, 4) is 11.5 Å². The van der Waals surface area contributed by atoms with Crippen LogP contribution in [-0.2, 0) is 20.7 Å². The van der Waals surface area contributed by atoms with Gasteiger partial charge in [0.25, 0.3) is 11.8 Å². The molecule has 1 aromatic carbocycles. The van der Waals surface area contributed by atoms with Crippen molar-refractivity contribution in [2.45, 2.75) is 20.3 Å². The number of rotatable bonds is 12. The van der Waals surface area contributed by atoms with E-state index in [2.05, 4.69) is 16.0 Å². The van der Waals surface area contributed by atoms with Crippen LogP contribution in [0.5, 0.6) is 11.5 Å². The molecule has 178 valence electrons. The van der Waals surface area contributed by atoms with Gasteiger partial charge in [-0.05, 0) is 49.9 Å². The molecule has 0 radical (unpaired) electrons. The fourth-order valence-corrected chi connectivity index (χ4v) is 3.31. The number of carbonyl (C=O) groups excluding carboxylic acids is 4. The molecule has 0 aliphatic heterocycles. The van der Waals surface area contributed by atoms with Gasteiger partial charge in [-0.15, -0.1) is 11.3 Å². The first-order valence-corrected chi connectivity index (χ1v) is 11.2. The lowest BCUT2D eigenvalue weighted by Gasteiger charge is -2.12. The number of ether oxygens (including phenoxy) is 3. The van der Waals surface area contributed by atoms with Gasteiger partial charge in [-0.1, -0.05) is 6.07 Å². The summed E-state index contributed by atoms with van der Waals surface area (Å²) in [6, 6.07) is 7.84. The van der Waals surface area contributed by atoms with E-state index in [-0.39, 0.29) is 5.56 Å². The Hall–Kier alpha value is -3.60. The lowest BCUT2D eigenvalue weighted by Crippen LogP contribution is -2.42. The molecule has 4 amide bonds. The van der Waals surface area contributed by atoms with Gasteiger partial charge in [0.1, 0.15) is 6.54 Å². The number of thiophene rings is 1. The van der Waals surface area contributed by atoms with Crippen LogP contribution in [0.4, 0.5) is 4.79 Å². The summed E-state index contributed by atoms with van der Waals surface area (Å²) in [6.07, 6.45) is 0.647. The maximum atomic E-state index is 12.3. The van der Waals surface area contributed by atoms with Crippen LogP contribution in [0, 0.1) is 0 Å². The van der Waals surface area contributed by atoms with Crippen molar-refractivity contribution >= 4 is 35.2 Å². The van der Waals surface area contributed by atoms with E-state index in [0.717, 1.165) is 4.88 Å². The van der Waals surface area contributed by atoms with Crippen LogP contribution in [-0.4, -0.2) is 56.7 Å². The molecule has 33 heavy (non-hydrogen) atoms. The Morgan fingerprint density at radius 3 is 2.42 bits per heavy atom. The fraction of sp³-hybridized carbons (Fsp3) is 0.364. The van der Waals surface area contributed by atoms with Crippen LogP contribution >= 0.6 is 11.3 Å². The molecule has 2 rings (SSSR count). The minimum atomic E-state index is -0.826. The van der Waals surface area contributed by atoms with Crippen LogP contribution < -0.4 is 25.4 Å². The topological polar surface area (TPSA) is 132 Å². The maximum Gasteiger partial charge on any atom is 0.325 e. The Morgan fingerprint density at radius 1 is 0.970 bits per heavy atom. The maximum absolute atomic E-state index is 12.3. The van der Waals surface area contributed by atoms with E-state index >= 15 is 0 Å². The monoisotopic (exact) mass is 477 g/mol. The molecule has 0 bridgehead atoms. The first-order valence-electron chi connectivity index (χ1n) is 10.4. The molecule has 10 nitrogen and oxygen atoms in total. The molecule has 0 spiro atoms. The van der Waals surface area contributed by atoms with Gasteiger partial charge < -0.3 is 24.8 Å². The SMILES string of the molecule is CCOc1ccc(C(=O)NCC(=O)OCC(=O)NC(=O)NCCc2cccs2)cc1OCC. The zero-order valence-corrected chi connectivity index (χ0v) is 19.3. The molecule has 0 fully saturated rings. The van der Waals surface area contributed by atoms with Crippen molar-refractivity contribution < 1.29 is 33.4 Å². The van der Waals surface area contributed by atoms with Crippen LogP contribution in [0.25, 0.3) is 0 Å². The van der Waals surface area contributed by atoms with Crippen molar-refractivity contribution in [3.63, 3.8) is 0 Å². The number of imide groups is 1.